The first-order chi connectivity index (χ1) is 15.1. The van der Waals surface area contributed by atoms with Gasteiger partial charge in [-0.3, -0.25) is 4.79 Å². The standard InChI is InChI=1S/C26H25N3O2/c1-18-8-3-4-9-19(18)16-29-24-13-6-5-12-23(24)27-26(29)20-14-25(30)28(17-20)21-10-7-11-22(15-21)31-2/h3-13,15,20H,14,16-17H2,1-2H3/t20-/m0/s1. The lowest BCUT2D eigenvalue weighted by Crippen LogP contribution is -2.24. The van der Waals surface area contributed by atoms with Gasteiger partial charge in [-0.05, 0) is 42.3 Å². The van der Waals surface area contributed by atoms with E-state index in [1.807, 2.05) is 47.4 Å². The number of hydrogen-bond donors (Lipinski definition) is 0. The second-order valence-electron chi connectivity index (χ2n) is 8.08. The van der Waals surface area contributed by atoms with Gasteiger partial charge in [-0.15, -0.1) is 0 Å². The maximum absolute atomic E-state index is 12.9. The van der Waals surface area contributed by atoms with Crippen molar-refractivity contribution in [3.63, 3.8) is 0 Å². The van der Waals surface area contributed by atoms with Gasteiger partial charge in [0.1, 0.15) is 11.6 Å². The minimum absolute atomic E-state index is 0.0371. The average molecular weight is 412 g/mol. The Hall–Kier alpha value is -3.60. The van der Waals surface area contributed by atoms with Crippen LogP contribution in [0.3, 0.4) is 0 Å². The quantitative estimate of drug-likeness (QED) is 0.468. The van der Waals surface area contributed by atoms with Gasteiger partial charge < -0.3 is 14.2 Å². The van der Waals surface area contributed by atoms with Crippen LogP contribution in [0.1, 0.15) is 29.3 Å². The number of methoxy groups -OCH3 is 1. The Labute approximate surface area is 181 Å². The average Bonchev–Trinajstić information content (AvgIpc) is 3.36. The van der Waals surface area contributed by atoms with E-state index in [1.165, 1.54) is 11.1 Å². The third-order valence-corrected chi connectivity index (χ3v) is 6.13. The van der Waals surface area contributed by atoms with Crippen LogP contribution < -0.4 is 9.64 Å². The summed E-state index contributed by atoms with van der Waals surface area (Å²) in [7, 11) is 1.64. The summed E-state index contributed by atoms with van der Waals surface area (Å²) < 4.78 is 7.63. The summed E-state index contributed by atoms with van der Waals surface area (Å²) in [6.07, 6.45) is 0.453. The molecule has 0 aliphatic carbocycles. The molecule has 1 aromatic heterocycles. The number of carbonyl (C=O) groups is 1. The molecule has 1 aliphatic rings. The zero-order valence-corrected chi connectivity index (χ0v) is 17.8. The summed E-state index contributed by atoms with van der Waals surface area (Å²) in [6, 6.07) is 24.3. The van der Waals surface area contributed by atoms with Gasteiger partial charge in [0.25, 0.3) is 0 Å². The number of anilines is 1. The van der Waals surface area contributed by atoms with Crippen LogP contribution in [-0.2, 0) is 11.3 Å². The molecule has 31 heavy (non-hydrogen) atoms. The second-order valence-corrected chi connectivity index (χ2v) is 8.08. The van der Waals surface area contributed by atoms with Gasteiger partial charge in [0.15, 0.2) is 0 Å². The summed E-state index contributed by atoms with van der Waals surface area (Å²) in [5.74, 6) is 1.88. The number of aromatic nitrogens is 2. The topological polar surface area (TPSA) is 47.4 Å². The van der Waals surface area contributed by atoms with Gasteiger partial charge in [0, 0.05) is 37.2 Å². The number of hydrogen-bond acceptors (Lipinski definition) is 3. The van der Waals surface area contributed by atoms with Gasteiger partial charge in [0.2, 0.25) is 5.91 Å². The van der Waals surface area contributed by atoms with E-state index in [0.717, 1.165) is 34.8 Å². The normalized spacial score (nSPS) is 16.3. The number of rotatable bonds is 5. The van der Waals surface area contributed by atoms with Gasteiger partial charge in [-0.25, -0.2) is 4.98 Å². The fourth-order valence-corrected chi connectivity index (χ4v) is 4.44. The van der Waals surface area contributed by atoms with Crippen molar-refractivity contribution >= 4 is 22.6 Å². The van der Waals surface area contributed by atoms with Crippen LogP contribution in [0.2, 0.25) is 0 Å². The Morgan fingerprint density at radius 2 is 1.84 bits per heavy atom. The van der Waals surface area contributed by atoms with Crippen molar-refractivity contribution in [1.29, 1.82) is 0 Å². The molecule has 5 heteroatoms. The molecule has 3 aromatic carbocycles. The Morgan fingerprint density at radius 1 is 1.03 bits per heavy atom. The maximum atomic E-state index is 12.9. The summed E-state index contributed by atoms with van der Waals surface area (Å²) in [6.45, 7) is 3.49. The molecule has 2 heterocycles. The summed E-state index contributed by atoms with van der Waals surface area (Å²) in [5.41, 5.74) is 5.47. The van der Waals surface area contributed by atoms with Crippen molar-refractivity contribution in [1.82, 2.24) is 9.55 Å². The number of amides is 1. The van der Waals surface area contributed by atoms with Crippen molar-refractivity contribution in [3.8, 4) is 5.75 Å². The highest BCUT2D eigenvalue weighted by molar-refractivity contribution is 5.96. The minimum atomic E-state index is 0.0371. The summed E-state index contributed by atoms with van der Waals surface area (Å²) in [5, 5.41) is 0. The SMILES string of the molecule is COc1cccc(N2C[C@@H](c3nc4ccccc4n3Cc3ccccc3C)CC2=O)c1. The lowest BCUT2D eigenvalue weighted by Gasteiger charge is -2.18. The van der Waals surface area contributed by atoms with E-state index in [2.05, 4.69) is 41.8 Å². The first kappa shape index (κ1) is 19.4. The van der Waals surface area contributed by atoms with E-state index in [4.69, 9.17) is 9.72 Å². The molecule has 0 radical (unpaired) electrons. The maximum Gasteiger partial charge on any atom is 0.227 e. The molecule has 1 atom stereocenters. The molecule has 0 spiro atoms. The molecule has 0 N–H and O–H groups in total. The number of ether oxygens (including phenoxy) is 1. The Kier molecular flexibility index (Phi) is 4.94. The third-order valence-electron chi connectivity index (χ3n) is 6.13. The van der Waals surface area contributed by atoms with Crippen LogP contribution in [0.15, 0.2) is 72.8 Å². The molecular formula is C26H25N3O2. The number of nitrogens with zero attached hydrogens (tertiary/aromatic N) is 3. The number of carbonyl (C=O) groups excluding carboxylic acids is 1. The monoisotopic (exact) mass is 411 g/mol. The Morgan fingerprint density at radius 3 is 2.68 bits per heavy atom. The molecule has 5 rings (SSSR count). The zero-order valence-electron chi connectivity index (χ0n) is 17.8. The van der Waals surface area contributed by atoms with Crippen LogP contribution in [-0.4, -0.2) is 29.1 Å². The predicted molar refractivity (Wildman–Crippen MR) is 123 cm³/mol. The van der Waals surface area contributed by atoms with Crippen molar-refractivity contribution < 1.29 is 9.53 Å². The summed E-state index contributed by atoms with van der Waals surface area (Å²) >= 11 is 0. The number of aryl methyl sites for hydroxylation is 1. The predicted octanol–water partition coefficient (Wildman–Crippen LogP) is 4.92. The van der Waals surface area contributed by atoms with Gasteiger partial charge in [0.05, 0.1) is 18.1 Å². The third kappa shape index (κ3) is 3.56. The molecule has 0 bridgehead atoms. The molecule has 156 valence electrons. The lowest BCUT2D eigenvalue weighted by atomic mass is 10.1. The highest BCUT2D eigenvalue weighted by Crippen LogP contribution is 2.34. The molecule has 1 amide bonds. The Balaban J connectivity index is 1.53. The molecule has 1 fully saturated rings. The largest absolute Gasteiger partial charge is 0.497 e. The van der Waals surface area contributed by atoms with E-state index >= 15 is 0 Å². The minimum Gasteiger partial charge on any atom is -0.497 e. The van der Waals surface area contributed by atoms with E-state index < -0.39 is 0 Å². The number of fused-ring (bicyclic) bond motifs is 1. The number of benzene rings is 3. The molecule has 0 unspecified atom stereocenters. The fraction of sp³-hybridized carbons (Fsp3) is 0.231. The molecule has 1 saturated heterocycles. The highest BCUT2D eigenvalue weighted by atomic mass is 16.5. The van der Waals surface area contributed by atoms with E-state index in [1.54, 1.807) is 7.11 Å². The molecule has 0 saturated carbocycles. The van der Waals surface area contributed by atoms with Crippen LogP contribution >= 0.6 is 0 Å². The van der Waals surface area contributed by atoms with Gasteiger partial charge >= 0.3 is 0 Å². The van der Waals surface area contributed by atoms with Crippen molar-refractivity contribution in [2.45, 2.75) is 25.8 Å². The highest BCUT2D eigenvalue weighted by Gasteiger charge is 2.35. The molecular weight excluding hydrogens is 386 g/mol. The van der Waals surface area contributed by atoms with Crippen LogP contribution in [0, 0.1) is 6.92 Å². The molecule has 4 aromatic rings. The van der Waals surface area contributed by atoms with Crippen molar-refractivity contribution in [2.24, 2.45) is 0 Å². The lowest BCUT2D eigenvalue weighted by molar-refractivity contribution is -0.117. The first-order valence-electron chi connectivity index (χ1n) is 10.6. The van der Waals surface area contributed by atoms with Crippen molar-refractivity contribution in [3.05, 3.63) is 89.7 Å². The van der Waals surface area contributed by atoms with Crippen LogP contribution in [0.4, 0.5) is 5.69 Å². The van der Waals surface area contributed by atoms with Gasteiger partial charge in [-0.2, -0.15) is 0 Å². The van der Waals surface area contributed by atoms with Crippen LogP contribution in [0.5, 0.6) is 5.75 Å². The van der Waals surface area contributed by atoms with E-state index in [-0.39, 0.29) is 11.8 Å². The molecule has 5 nitrogen and oxygen atoms in total. The fourth-order valence-electron chi connectivity index (χ4n) is 4.44. The number of para-hydroxylation sites is 2. The van der Waals surface area contributed by atoms with Crippen molar-refractivity contribution in [2.75, 3.05) is 18.6 Å². The number of imidazole rings is 1. The van der Waals surface area contributed by atoms with Gasteiger partial charge in [-0.1, -0.05) is 42.5 Å². The van der Waals surface area contributed by atoms with Crippen LogP contribution in [0.25, 0.3) is 11.0 Å². The summed E-state index contributed by atoms with van der Waals surface area (Å²) in [4.78, 5) is 19.8. The molecule has 1 aliphatic heterocycles. The Bertz CT molecular complexity index is 1260. The first-order valence-corrected chi connectivity index (χ1v) is 10.6. The van der Waals surface area contributed by atoms with E-state index in [9.17, 15) is 4.79 Å². The zero-order chi connectivity index (χ0) is 21.4. The smallest absolute Gasteiger partial charge is 0.227 e. The second kappa shape index (κ2) is 7.91. The van der Waals surface area contributed by atoms with E-state index in [0.29, 0.717) is 13.0 Å².